The molecule has 1 N–H and O–H groups in total. The number of hydrogen-bond donors (Lipinski definition) is 1. The maximum atomic E-state index is 12.4. The Bertz CT molecular complexity index is 719. The molecule has 2 heterocycles. The molecule has 0 saturated carbocycles. The van der Waals surface area contributed by atoms with Crippen LogP contribution >= 0.6 is 0 Å². The molecule has 1 unspecified atom stereocenters. The first-order valence-electron chi connectivity index (χ1n) is 8.60. The van der Waals surface area contributed by atoms with Gasteiger partial charge in [0.15, 0.2) is 17.7 Å². The number of carboxylic acid groups (broad SMARTS) is 1. The average Bonchev–Trinajstić information content (AvgIpc) is 2.66. The molecule has 0 aliphatic carbocycles. The number of aliphatic carboxylic acids is 1. The molecule has 7 nitrogen and oxygen atoms in total. The molecular weight excluding hydrogens is 338 g/mol. The molecule has 1 fully saturated rings. The van der Waals surface area contributed by atoms with Gasteiger partial charge in [0.1, 0.15) is 6.61 Å². The standard InChI is InChI=1S/C19H21NO6/c21-15-10-14(12-25-16-8-4-5-9-24-16)20-17(19(22)23)18(15)26-11-13-6-2-1-3-7-13/h1-3,6-7,16H,4-5,8-12H2,(H,22,23). The van der Waals surface area contributed by atoms with Gasteiger partial charge in [-0.2, -0.15) is 0 Å². The van der Waals surface area contributed by atoms with Crippen LogP contribution in [0.4, 0.5) is 0 Å². The number of benzene rings is 1. The second-order valence-corrected chi connectivity index (χ2v) is 6.14. The first kappa shape index (κ1) is 18.3. The lowest BCUT2D eigenvalue weighted by Gasteiger charge is -2.23. The lowest BCUT2D eigenvalue weighted by molar-refractivity contribution is -0.153. The van der Waals surface area contributed by atoms with Crippen LogP contribution < -0.4 is 0 Å². The summed E-state index contributed by atoms with van der Waals surface area (Å²) in [7, 11) is 0. The number of carbonyl (C=O) groups is 2. The zero-order chi connectivity index (χ0) is 18.4. The maximum Gasteiger partial charge on any atom is 0.358 e. The van der Waals surface area contributed by atoms with E-state index in [-0.39, 0.29) is 37.4 Å². The van der Waals surface area contributed by atoms with Gasteiger partial charge in [-0.1, -0.05) is 30.3 Å². The van der Waals surface area contributed by atoms with Gasteiger partial charge in [-0.05, 0) is 24.8 Å². The van der Waals surface area contributed by atoms with Crippen molar-refractivity contribution in [2.75, 3.05) is 13.2 Å². The van der Waals surface area contributed by atoms with Gasteiger partial charge in [-0.25, -0.2) is 9.79 Å². The number of ketones is 1. The molecule has 1 saturated heterocycles. The summed E-state index contributed by atoms with van der Waals surface area (Å²) >= 11 is 0. The van der Waals surface area contributed by atoms with Crippen LogP contribution in [0.25, 0.3) is 0 Å². The second-order valence-electron chi connectivity index (χ2n) is 6.14. The Labute approximate surface area is 151 Å². The van der Waals surface area contributed by atoms with Gasteiger partial charge in [0.05, 0.1) is 18.7 Å². The third-order valence-electron chi connectivity index (χ3n) is 4.11. The Morgan fingerprint density at radius 1 is 1.23 bits per heavy atom. The number of nitrogens with zero attached hydrogens (tertiary/aromatic N) is 1. The second kappa shape index (κ2) is 8.73. The fourth-order valence-electron chi connectivity index (χ4n) is 2.78. The monoisotopic (exact) mass is 359 g/mol. The molecule has 2 aliphatic heterocycles. The molecule has 26 heavy (non-hydrogen) atoms. The van der Waals surface area contributed by atoms with Crippen LogP contribution in [0, 0.1) is 0 Å². The van der Waals surface area contributed by atoms with Crippen LogP contribution in [0.3, 0.4) is 0 Å². The highest BCUT2D eigenvalue weighted by Gasteiger charge is 2.29. The number of Topliss-reactive ketones (excluding diaryl/α,β-unsaturated/α-hetero) is 1. The van der Waals surface area contributed by atoms with Gasteiger partial charge in [0, 0.05) is 6.61 Å². The largest absolute Gasteiger partial charge is 0.483 e. The Hall–Kier alpha value is -2.51. The highest BCUT2D eigenvalue weighted by Crippen LogP contribution is 2.21. The Morgan fingerprint density at radius 2 is 2.04 bits per heavy atom. The Morgan fingerprint density at radius 3 is 2.73 bits per heavy atom. The summed E-state index contributed by atoms with van der Waals surface area (Å²) in [6, 6.07) is 9.22. The van der Waals surface area contributed by atoms with Crippen LogP contribution in [-0.2, 0) is 30.4 Å². The lowest BCUT2D eigenvalue weighted by atomic mass is 10.1. The Kier molecular flexibility index (Phi) is 6.14. The summed E-state index contributed by atoms with van der Waals surface area (Å²) in [5.74, 6) is -1.91. The van der Waals surface area contributed by atoms with Crippen molar-refractivity contribution in [3.05, 3.63) is 47.4 Å². The molecule has 1 aromatic carbocycles. The van der Waals surface area contributed by atoms with E-state index in [0.717, 1.165) is 24.8 Å². The van der Waals surface area contributed by atoms with Gasteiger partial charge < -0.3 is 19.3 Å². The third kappa shape index (κ3) is 4.77. The van der Waals surface area contributed by atoms with Crippen LogP contribution in [0.15, 0.2) is 46.8 Å². The van der Waals surface area contributed by atoms with Crippen molar-refractivity contribution in [3.8, 4) is 0 Å². The highest BCUT2D eigenvalue weighted by atomic mass is 16.7. The predicted octanol–water partition coefficient (Wildman–Crippen LogP) is 2.46. The topological polar surface area (TPSA) is 94.4 Å². The normalized spacial score (nSPS) is 20.7. The number of carbonyl (C=O) groups excluding carboxylic acids is 1. The van der Waals surface area contributed by atoms with Gasteiger partial charge in [0.25, 0.3) is 0 Å². The van der Waals surface area contributed by atoms with Crippen molar-refractivity contribution in [2.45, 2.75) is 38.6 Å². The van der Waals surface area contributed by atoms with Crippen molar-refractivity contribution in [2.24, 2.45) is 4.99 Å². The summed E-state index contributed by atoms with van der Waals surface area (Å²) in [4.78, 5) is 28.0. The number of hydrogen-bond acceptors (Lipinski definition) is 6. The molecular formula is C19H21NO6. The van der Waals surface area contributed by atoms with Crippen LogP contribution in [0.5, 0.6) is 0 Å². The maximum absolute atomic E-state index is 12.4. The highest BCUT2D eigenvalue weighted by molar-refractivity contribution is 6.15. The summed E-state index contributed by atoms with van der Waals surface area (Å²) < 4.78 is 16.5. The molecule has 7 heteroatoms. The van der Waals surface area contributed by atoms with Crippen molar-refractivity contribution in [1.82, 2.24) is 0 Å². The van der Waals surface area contributed by atoms with Crippen LogP contribution in [0.1, 0.15) is 31.2 Å². The summed E-state index contributed by atoms with van der Waals surface area (Å²) in [6.07, 6.45) is 2.47. The van der Waals surface area contributed by atoms with Gasteiger partial charge >= 0.3 is 5.97 Å². The van der Waals surface area contributed by atoms with E-state index in [9.17, 15) is 14.7 Å². The summed E-state index contributed by atoms with van der Waals surface area (Å²) in [5.41, 5.74) is 0.832. The van der Waals surface area contributed by atoms with Crippen molar-refractivity contribution >= 4 is 17.5 Å². The van der Waals surface area contributed by atoms with Crippen molar-refractivity contribution in [3.63, 3.8) is 0 Å². The van der Waals surface area contributed by atoms with Gasteiger partial charge in [-0.15, -0.1) is 0 Å². The number of carboxylic acids is 1. The fourth-order valence-corrected chi connectivity index (χ4v) is 2.78. The molecule has 0 aromatic heterocycles. The third-order valence-corrected chi connectivity index (χ3v) is 4.11. The molecule has 0 spiro atoms. The Balaban J connectivity index is 1.68. The number of aliphatic imine (C=N–C) groups is 1. The van der Waals surface area contributed by atoms with E-state index < -0.39 is 11.8 Å². The predicted molar refractivity (Wildman–Crippen MR) is 92.5 cm³/mol. The fraction of sp³-hybridized carbons (Fsp3) is 0.421. The molecule has 0 radical (unpaired) electrons. The van der Waals surface area contributed by atoms with Crippen LogP contribution in [0.2, 0.25) is 0 Å². The van der Waals surface area contributed by atoms with E-state index in [1.807, 2.05) is 30.3 Å². The van der Waals surface area contributed by atoms with E-state index in [1.165, 1.54) is 0 Å². The quantitative estimate of drug-likeness (QED) is 0.804. The first-order valence-corrected chi connectivity index (χ1v) is 8.60. The molecule has 0 amide bonds. The van der Waals surface area contributed by atoms with Gasteiger partial charge in [-0.3, -0.25) is 4.79 Å². The van der Waals surface area contributed by atoms with Crippen LogP contribution in [-0.4, -0.2) is 42.1 Å². The number of allylic oxidation sites excluding steroid dienone is 1. The van der Waals surface area contributed by atoms with E-state index in [4.69, 9.17) is 14.2 Å². The first-order chi connectivity index (χ1) is 12.6. The number of ether oxygens (including phenoxy) is 3. The minimum absolute atomic E-state index is 0.0202. The van der Waals surface area contributed by atoms with E-state index in [2.05, 4.69) is 4.99 Å². The summed E-state index contributed by atoms with van der Waals surface area (Å²) in [6.45, 7) is 0.822. The number of rotatable bonds is 7. The van der Waals surface area contributed by atoms with E-state index >= 15 is 0 Å². The molecule has 3 rings (SSSR count). The molecule has 1 aromatic rings. The lowest BCUT2D eigenvalue weighted by Crippen LogP contribution is -2.29. The minimum atomic E-state index is -1.30. The molecule has 1 atom stereocenters. The summed E-state index contributed by atoms with van der Waals surface area (Å²) in [5, 5.41) is 9.40. The molecule has 2 aliphatic rings. The van der Waals surface area contributed by atoms with E-state index in [0.29, 0.717) is 12.3 Å². The minimum Gasteiger partial charge on any atom is -0.483 e. The molecule has 0 bridgehead atoms. The van der Waals surface area contributed by atoms with Gasteiger partial charge in [0.2, 0.25) is 5.78 Å². The SMILES string of the molecule is O=C(O)C1=C(OCc2ccccc2)C(=O)CC(COC2CCCCO2)=N1. The van der Waals surface area contributed by atoms with Crippen molar-refractivity contribution in [1.29, 1.82) is 0 Å². The van der Waals surface area contributed by atoms with E-state index in [1.54, 1.807) is 0 Å². The zero-order valence-corrected chi connectivity index (χ0v) is 14.3. The van der Waals surface area contributed by atoms with Crippen molar-refractivity contribution < 1.29 is 28.9 Å². The smallest absolute Gasteiger partial charge is 0.358 e. The molecule has 138 valence electrons. The zero-order valence-electron chi connectivity index (χ0n) is 14.3. The average molecular weight is 359 g/mol.